The largest absolute Gasteiger partial charge is 0.293 e. The predicted octanol–water partition coefficient (Wildman–Crippen LogP) is 0.859. The lowest BCUT2D eigenvalue weighted by Crippen LogP contribution is -1.94. The number of nitriles is 1. The summed E-state index contributed by atoms with van der Waals surface area (Å²) in [6.07, 6.45) is -0.109. The standard InChI is InChI=1S/C6H6NO/c1-5(2)6(8)3-4-7/h1-3H2. The number of Topliss-reactive ketones (excluding diaryl/α,β-unsaturated/α-hetero) is 1. The van der Waals surface area contributed by atoms with E-state index in [0.29, 0.717) is 0 Å². The second-order valence-corrected chi connectivity index (χ2v) is 1.36. The Morgan fingerprint density at radius 2 is 2.25 bits per heavy atom. The van der Waals surface area contributed by atoms with Gasteiger partial charge < -0.3 is 0 Å². The van der Waals surface area contributed by atoms with Crippen LogP contribution in [0.5, 0.6) is 0 Å². The second kappa shape index (κ2) is 2.98. The molecule has 1 radical (unpaired) electrons. The number of rotatable bonds is 2. The van der Waals surface area contributed by atoms with E-state index >= 15 is 0 Å². The van der Waals surface area contributed by atoms with Crippen LogP contribution < -0.4 is 0 Å². The third-order valence-corrected chi connectivity index (χ3v) is 0.634. The topological polar surface area (TPSA) is 40.9 Å². The van der Waals surface area contributed by atoms with Crippen LogP contribution in [-0.2, 0) is 4.79 Å². The van der Waals surface area contributed by atoms with Crippen molar-refractivity contribution in [2.75, 3.05) is 0 Å². The van der Waals surface area contributed by atoms with Crippen molar-refractivity contribution in [3.05, 3.63) is 19.1 Å². The van der Waals surface area contributed by atoms with Crippen LogP contribution in [0.1, 0.15) is 6.42 Å². The summed E-state index contributed by atoms with van der Waals surface area (Å²) in [5, 5.41) is 7.95. The highest BCUT2D eigenvalue weighted by Gasteiger charge is 1.97. The highest BCUT2D eigenvalue weighted by atomic mass is 16.1. The third kappa shape index (κ3) is 2.14. The average molecular weight is 108 g/mol. The molecule has 0 N–H and O–H groups in total. The van der Waals surface area contributed by atoms with E-state index in [4.69, 9.17) is 5.26 Å². The van der Waals surface area contributed by atoms with Crippen LogP contribution in [0.25, 0.3) is 0 Å². The van der Waals surface area contributed by atoms with Crippen LogP contribution in [0.3, 0.4) is 0 Å². The van der Waals surface area contributed by atoms with Gasteiger partial charge in [-0.25, -0.2) is 0 Å². The van der Waals surface area contributed by atoms with Gasteiger partial charge in [-0.15, -0.1) is 0 Å². The number of hydrogen-bond donors (Lipinski definition) is 0. The predicted molar refractivity (Wildman–Crippen MR) is 29.7 cm³/mol. The number of allylic oxidation sites excluding steroid dienone is 1. The molecule has 0 aromatic heterocycles. The normalized spacial score (nSPS) is 7.50. The first-order chi connectivity index (χ1) is 3.68. The van der Waals surface area contributed by atoms with Gasteiger partial charge in [0.25, 0.3) is 0 Å². The molecule has 41 valence electrons. The monoisotopic (exact) mass is 108 g/mol. The van der Waals surface area contributed by atoms with Gasteiger partial charge in [0.05, 0.1) is 12.5 Å². The van der Waals surface area contributed by atoms with Crippen LogP contribution in [0.2, 0.25) is 0 Å². The lowest BCUT2D eigenvalue weighted by atomic mass is 10.2. The zero-order valence-corrected chi connectivity index (χ0v) is 4.48. The van der Waals surface area contributed by atoms with Crippen molar-refractivity contribution in [3.8, 4) is 6.07 Å². The summed E-state index contributed by atoms with van der Waals surface area (Å²) in [5.74, 6) is -0.285. The van der Waals surface area contributed by atoms with Crippen LogP contribution in [0.15, 0.2) is 12.2 Å². The van der Waals surface area contributed by atoms with E-state index in [-0.39, 0.29) is 17.8 Å². The van der Waals surface area contributed by atoms with Crippen molar-refractivity contribution in [2.24, 2.45) is 0 Å². The molecule has 0 amide bonds. The van der Waals surface area contributed by atoms with E-state index < -0.39 is 0 Å². The van der Waals surface area contributed by atoms with E-state index in [1.807, 2.05) is 0 Å². The average Bonchev–Trinajstić information content (AvgIpc) is 1.67. The minimum Gasteiger partial charge on any atom is -0.293 e. The van der Waals surface area contributed by atoms with Crippen LogP contribution in [-0.4, -0.2) is 5.78 Å². The summed E-state index contributed by atoms with van der Waals surface area (Å²) in [7, 11) is 0. The number of hydrogen-bond acceptors (Lipinski definition) is 2. The maximum absolute atomic E-state index is 10.4. The van der Waals surface area contributed by atoms with Gasteiger partial charge in [-0.1, -0.05) is 6.58 Å². The quantitative estimate of drug-likeness (QED) is 0.492. The molecular formula is C6H6NO. The summed E-state index contributed by atoms with van der Waals surface area (Å²) in [6, 6.07) is 1.70. The molecule has 0 saturated carbocycles. The molecule has 0 atom stereocenters. The van der Waals surface area contributed by atoms with Crippen molar-refractivity contribution in [2.45, 2.75) is 6.42 Å². The number of carbonyl (C=O) groups excluding carboxylic acids is 1. The van der Waals surface area contributed by atoms with Crippen molar-refractivity contribution < 1.29 is 4.79 Å². The summed E-state index contributed by atoms with van der Waals surface area (Å²) >= 11 is 0. The molecule has 0 aliphatic carbocycles. The first kappa shape index (κ1) is 6.90. The number of ketones is 1. The Balaban J connectivity index is 3.71. The Kier molecular flexibility index (Phi) is 2.57. The van der Waals surface area contributed by atoms with Crippen molar-refractivity contribution in [3.63, 3.8) is 0 Å². The van der Waals surface area contributed by atoms with Gasteiger partial charge in [-0.05, 0) is 12.5 Å². The van der Waals surface area contributed by atoms with Gasteiger partial charge in [0.2, 0.25) is 0 Å². The van der Waals surface area contributed by atoms with Gasteiger partial charge in [-0.3, -0.25) is 4.79 Å². The lowest BCUT2D eigenvalue weighted by molar-refractivity contribution is -0.114. The zero-order chi connectivity index (χ0) is 6.57. The summed E-state index contributed by atoms with van der Waals surface area (Å²) < 4.78 is 0. The van der Waals surface area contributed by atoms with Crippen molar-refractivity contribution in [1.29, 1.82) is 5.26 Å². The molecule has 0 aliphatic rings. The minimum atomic E-state index is -0.285. The summed E-state index contributed by atoms with van der Waals surface area (Å²) in [6.45, 7) is 6.52. The van der Waals surface area contributed by atoms with Gasteiger partial charge >= 0.3 is 0 Å². The molecule has 0 bridgehead atoms. The van der Waals surface area contributed by atoms with Gasteiger partial charge in [0.1, 0.15) is 0 Å². The Morgan fingerprint density at radius 1 is 1.75 bits per heavy atom. The van der Waals surface area contributed by atoms with E-state index in [2.05, 4.69) is 13.5 Å². The van der Waals surface area contributed by atoms with E-state index in [1.165, 1.54) is 0 Å². The molecule has 0 fully saturated rings. The molecule has 0 aliphatic heterocycles. The van der Waals surface area contributed by atoms with Crippen molar-refractivity contribution >= 4 is 5.78 Å². The zero-order valence-electron chi connectivity index (χ0n) is 4.48. The minimum absolute atomic E-state index is 0.109. The molecule has 8 heavy (non-hydrogen) atoms. The maximum atomic E-state index is 10.4. The Bertz CT molecular complexity index is 152. The molecule has 0 saturated heterocycles. The molecule has 0 aromatic rings. The third-order valence-electron chi connectivity index (χ3n) is 0.634. The van der Waals surface area contributed by atoms with Crippen LogP contribution in [0.4, 0.5) is 0 Å². The fraction of sp³-hybridized carbons (Fsp3) is 0.167. The first-order valence-electron chi connectivity index (χ1n) is 2.09. The van der Waals surface area contributed by atoms with Crippen LogP contribution >= 0.6 is 0 Å². The smallest absolute Gasteiger partial charge is 0.172 e. The number of carbonyl (C=O) groups is 1. The summed E-state index contributed by atoms with van der Waals surface area (Å²) in [4.78, 5) is 10.4. The fourth-order valence-electron chi connectivity index (χ4n) is 0.197. The number of nitrogens with zero attached hydrogens (tertiary/aromatic N) is 1. The highest BCUT2D eigenvalue weighted by Crippen LogP contribution is 1.91. The Morgan fingerprint density at radius 3 is 2.38 bits per heavy atom. The molecular weight excluding hydrogens is 102 g/mol. The van der Waals surface area contributed by atoms with Crippen molar-refractivity contribution in [1.82, 2.24) is 0 Å². The molecule has 0 heterocycles. The van der Waals surface area contributed by atoms with E-state index in [0.717, 1.165) is 0 Å². The van der Waals surface area contributed by atoms with Gasteiger partial charge in [0.15, 0.2) is 5.78 Å². The van der Waals surface area contributed by atoms with Gasteiger partial charge in [0, 0.05) is 0 Å². The SMILES string of the molecule is [CH2]C(=C)C(=O)CC#N. The van der Waals surface area contributed by atoms with E-state index in [1.54, 1.807) is 6.07 Å². The molecule has 2 nitrogen and oxygen atoms in total. The van der Waals surface area contributed by atoms with Crippen LogP contribution in [0, 0.1) is 18.3 Å². The maximum Gasteiger partial charge on any atom is 0.172 e. The Hall–Kier alpha value is -1.10. The lowest BCUT2D eigenvalue weighted by Gasteiger charge is -1.86. The first-order valence-corrected chi connectivity index (χ1v) is 2.09. The highest BCUT2D eigenvalue weighted by molar-refractivity contribution is 5.96. The van der Waals surface area contributed by atoms with Gasteiger partial charge in [-0.2, -0.15) is 5.26 Å². The Labute approximate surface area is 48.4 Å². The molecule has 0 rings (SSSR count). The summed E-state index contributed by atoms with van der Waals surface area (Å²) in [5.41, 5.74) is 0.201. The molecule has 0 spiro atoms. The second-order valence-electron chi connectivity index (χ2n) is 1.36. The molecule has 0 unspecified atom stereocenters. The molecule has 0 aromatic carbocycles. The molecule has 2 heteroatoms. The van der Waals surface area contributed by atoms with E-state index in [9.17, 15) is 4.79 Å². The fourth-order valence-corrected chi connectivity index (χ4v) is 0.197.